The molecule has 0 aliphatic heterocycles. The van der Waals surface area contributed by atoms with E-state index in [2.05, 4.69) is 11.9 Å². The Bertz CT molecular complexity index is 303. The van der Waals surface area contributed by atoms with E-state index in [1.807, 2.05) is 0 Å². The van der Waals surface area contributed by atoms with E-state index in [4.69, 9.17) is 4.55 Å². The molecule has 1 N–H and O–H groups in total. The molecule has 0 fully saturated rings. The van der Waals surface area contributed by atoms with Gasteiger partial charge in [0, 0.05) is 0 Å². The van der Waals surface area contributed by atoms with Crippen molar-refractivity contribution in [2.75, 3.05) is 12.3 Å². The molecule has 0 atom stereocenters. The van der Waals surface area contributed by atoms with Crippen LogP contribution in [-0.4, -0.2) is 31.2 Å². The molecule has 0 aromatic rings. The van der Waals surface area contributed by atoms with Crippen LogP contribution in [0.5, 0.6) is 0 Å². The predicted molar refractivity (Wildman–Crippen MR) is 62.1 cm³/mol. The van der Waals surface area contributed by atoms with E-state index in [0.29, 0.717) is 6.42 Å². The standard InChI is InChI=1S/C10H21NO4S.K/c1-2-3-4-5-6-7-10(12)11-8-9-16(13,14)15;/h2-9H2,1H3,(H,11,12)(H,13,14,15);/q;+1/p-1. The first-order valence-corrected chi connectivity index (χ1v) is 7.22. The molecular weight excluding hydrogens is 269 g/mol. The van der Waals surface area contributed by atoms with Crippen molar-refractivity contribution < 1.29 is 69.5 Å². The summed E-state index contributed by atoms with van der Waals surface area (Å²) in [6.45, 7) is 1.97. The molecule has 0 aliphatic carbocycles. The van der Waals surface area contributed by atoms with E-state index in [1.54, 1.807) is 0 Å². The Kier molecular flexibility index (Phi) is 14.4. The molecule has 0 spiro atoms. The van der Waals surface area contributed by atoms with Crippen molar-refractivity contribution in [2.24, 2.45) is 4.99 Å². The van der Waals surface area contributed by atoms with Crippen LogP contribution in [-0.2, 0) is 10.1 Å². The number of hydrogen-bond acceptors (Lipinski definition) is 4. The Morgan fingerprint density at radius 1 is 1.24 bits per heavy atom. The number of nitrogens with zero attached hydrogens (tertiary/aromatic N) is 1. The molecule has 0 aliphatic rings. The second-order valence-corrected chi connectivity index (χ2v) is 5.30. The van der Waals surface area contributed by atoms with Gasteiger partial charge in [-0.05, 0) is 18.7 Å². The van der Waals surface area contributed by atoms with Gasteiger partial charge in [0.15, 0.2) is 0 Å². The van der Waals surface area contributed by atoms with Gasteiger partial charge in [-0.1, -0.05) is 32.6 Å². The molecule has 7 heteroatoms. The van der Waals surface area contributed by atoms with Crippen LogP contribution < -0.4 is 56.5 Å². The van der Waals surface area contributed by atoms with Gasteiger partial charge in [0.1, 0.15) is 0 Å². The zero-order valence-electron chi connectivity index (χ0n) is 10.7. The van der Waals surface area contributed by atoms with Crippen molar-refractivity contribution in [3.63, 3.8) is 0 Å². The number of unbranched alkanes of at least 4 members (excludes halogenated alkanes) is 4. The maximum absolute atomic E-state index is 11.1. The van der Waals surface area contributed by atoms with E-state index >= 15 is 0 Å². The van der Waals surface area contributed by atoms with Crippen LogP contribution in [0.15, 0.2) is 4.99 Å². The fourth-order valence-corrected chi connectivity index (χ4v) is 1.57. The summed E-state index contributed by atoms with van der Waals surface area (Å²) < 4.78 is 29.1. The van der Waals surface area contributed by atoms with Crippen molar-refractivity contribution in [1.82, 2.24) is 0 Å². The third-order valence-corrected chi connectivity index (χ3v) is 2.83. The second-order valence-electron chi connectivity index (χ2n) is 3.73. The van der Waals surface area contributed by atoms with Crippen LogP contribution in [0.4, 0.5) is 0 Å². The van der Waals surface area contributed by atoms with E-state index in [9.17, 15) is 13.5 Å². The van der Waals surface area contributed by atoms with Gasteiger partial charge in [-0.15, -0.1) is 0 Å². The normalized spacial score (nSPS) is 12.2. The monoisotopic (exact) mass is 289 g/mol. The molecule has 0 saturated heterocycles. The van der Waals surface area contributed by atoms with E-state index in [1.165, 1.54) is 6.42 Å². The Morgan fingerprint density at radius 2 is 1.82 bits per heavy atom. The fourth-order valence-electron chi connectivity index (χ4n) is 1.24. The molecule has 0 heterocycles. The largest absolute Gasteiger partial charge is 1.00 e. The third kappa shape index (κ3) is 17.0. The molecule has 17 heavy (non-hydrogen) atoms. The molecule has 0 bridgehead atoms. The summed E-state index contributed by atoms with van der Waals surface area (Å²) in [5.41, 5.74) is 0. The summed E-state index contributed by atoms with van der Waals surface area (Å²) in [6, 6.07) is 0. The molecule has 5 nitrogen and oxygen atoms in total. The number of hydrogen-bond donors (Lipinski definition) is 1. The Morgan fingerprint density at radius 3 is 2.35 bits per heavy atom. The quantitative estimate of drug-likeness (QED) is 0.175. The van der Waals surface area contributed by atoms with Crippen molar-refractivity contribution in [1.29, 1.82) is 0 Å². The van der Waals surface area contributed by atoms with Crippen molar-refractivity contribution in [3.8, 4) is 0 Å². The van der Waals surface area contributed by atoms with Gasteiger partial charge < -0.3 is 10.1 Å². The smallest absolute Gasteiger partial charge is 0.862 e. The first-order valence-electron chi connectivity index (χ1n) is 5.61. The SMILES string of the molecule is CCCCCCCC([O-])=NCCS(=O)(=O)O.[K+]. The fraction of sp³-hybridized carbons (Fsp3) is 0.900. The van der Waals surface area contributed by atoms with Crippen LogP contribution in [0.1, 0.15) is 45.4 Å². The van der Waals surface area contributed by atoms with E-state index in [0.717, 1.165) is 25.7 Å². The van der Waals surface area contributed by atoms with Crippen LogP contribution in [0.25, 0.3) is 0 Å². The summed E-state index contributed by atoms with van der Waals surface area (Å²) in [6.07, 6.45) is 5.63. The van der Waals surface area contributed by atoms with Gasteiger partial charge in [-0.2, -0.15) is 8.42 Å². The summed E-state index contributed by atoms with van der Waals surface area (Å²) >= 11 is 0. The number of rotatable bonds is 9. The van der Waals surface area contributed by atoms with Crippen LogP contribution in [0.2, 0.25) is 0 Å². The van der Waals surface area contributed by atoms with Gasteiger partial charge >= 0.3 is 51.4 Å². The van der Waals surface area contributed by atoms with Gasteiger partial charge in [-0.3, -0.25) is 4.55 Å². The second kappa shape index (κ2) is 12.1. The molecule has 0 amide bonds. The van der Waals surface area contributed by atoms with Crippen LogP contribution in [0.3, 0.4) is 0 Å². The van der Waals surface area contributed by atoms with Gasteiger partial charge in [0.25, 0.3) is 10.1 Å². The van der Waals surface area contributed by atoms with E-state index < -0.39 is 15.9 Å². The summed E-state index contributed by atoms with van der Waals surface area (Å²) in [5.74, 6) is -0.755. The Labute approximate surface area is 146 Å². The number of aliphatic imine (C=N–C) groups is 1. The molecule has 96 valence electrons. The first-order chi connectivity index (χ1) is 7.45. The predicted octanol–water partition coefficient (Wildman–Crippen LogP) is -2.00. The molecular formula is C10H20KNO4S. The minimum absolute atomic E-state index is 0. The van der Waals surface area contributed by atoms with Gasteiger partial charge in [0.05, 0.1) is 12.3 Å². The van der Waals surface area contributed by atoms with Crippen molar-refractivity contribution in [2.45, 2.75) is 45.4 Å². The third-order valence-electron chi connectivity index (χ3n) is 2.13. The molecule has 0 unspecified atom stereocenters. The maximum Gasteiger partial charge on any atom is 1.00 e. The molecule has 0 saturated carbocycles. The summed E-state index contributed by atoms with van der Waals surface area (Å²) in [5, 5.41) is 11.1. The van der Waals surface area contributed by atoms with E-state index in [-0.39, 0.29) is 63.8 Å². The molecule has 0 rings (SSSR count). The summed E-state index contributed by atoms with van der Waals surface area (Å²) in [4.78, 5) is 3.55. The van der Waals surface area contributed by atoms with Gasteiger partial charge in [-0.25, -0.2) is 0 Å². The molecule has 0 aromatic carbocycles. The maximum atomic E-state index is 11.1. The van der Waals surface area contributed by atoms with Crippen LogP contribution >= 0.6 is 0 Å². The zero-order chi connectivity index (χ0) is 12.4. The first kappa shape index (κ1) is 20.3. The van der Waals surface area contributed by atoms with Crippen LogP contribution in [0, 0.1) is 0 Å². The minimum Gasteiger partial charge on any atom is -0.862 e. The van der Waals surface area contributed by atoms with Gasteiger partial charge in [0.2, 0.25) is 0 Å². The molecule has 0 radical (unpaired) electrons. The Hall–Kier alpha value is 1.02. The van der Waals surface area contributed by atoms with Crippen molar-refractivity contribution in [3.05, 3.63) is 0 Å². The Balaban J connectivity index is 0. The topological polar surface area (TPSA) is 89.8 Å². The molecule has 0 aromatic heterocycles. The van der Waals surface area contributed by atoms with Crippen molar-refractivity contribution >= 4 is 16.0 Å². The average Bonchev–Trinajstić information content (AvgIpc) is 2.15. The summed E-state index contributed by atoms with van der Waals surface area (Å²) in [7, 11) is -4.00. The average molecular weight is 289 g/mol. The zero-order valence-corrected chi connectivity index (χ0v) is 14.6. The minimum atomic E-state index is -4.00.